The molecule has 0 bridgehead atoms. The van der Waals surface area contributed by atoms with Crippen molar-refractivity contribution in [1.82, 2.24) is 9.69 Å². The fourth-order valence-corrected chi connectivity index (χ4v) is 3.33. The third-order valence-electron chi connectivity index (χ3n) is 3.73. The maximum Gasteiger partial charge on any atom is 0.226 e. The third-order valence-corrected chi connectivity index (χ3v) is 4.59. The lowest BCUT2D eigenvalue weighted by Crippen LogP contribution is -2.41. The van der Waals surface area contributed by atoms with Crippen molar-refractivity contribution < 1.29 is 4.79 Å². The number of amides is 1. The second kappa shape index (κ2) is 5.89. The first-order chi connectivity index (χ1) is 10.6. The van der Waals surface area contributed by atoms with Crippen molar-refractivity contribution in [1.29, 1.82) is 0 Å². The first kappa shape index (κ1) is 14.7. The fourth-order valence-electron chi connectivity index (χ4n) is 2.54. The molecule has 0 unspecified atom stereocenters. The Kier molecular flexibility index (Phi) is 3.94. The highest BCUT2D eigenvalue weighted by Gasteiger charge is 2.23. The molecule has 0 fully saturated rings. The number of nitrogens with zero attached hydrogens (tertiary/aromatic N) is 1. The lowest BCUT2D eigenvalue weighted by molar-refractivity contribution is -0.122. The lowest BCUT2D eigenvalue weighted by Gasteiger charge is -2.26. The summed E-state index contributed by atoms with van der Waals surface area (Å²) in [6.45, 7) is 4.03. The number of aromatic nitrogens is 1. The fraction of sp³-hybridized carbons (Fsp3) is 0.222. The zero-order valence-corrected chi connectivity index (χ0v) is 13.5. The van der Waals surface area contributed by atoms with Crippen molar-refractivity contribution in [2.24, 2.45) is 0 Å². The van der Waals surface area contributed by atoms with E-state index in [9.17, 15) is 4.79 Å². The molecule has 112 valence electrons. The molecule has 0 aliphatic carbocycles. The van der Waals surface area contributed by atoms with Gasteiger partial charge in [0.05, 0.1) is 22.4 Å². The van der Waals surface area contributed by atoms with E-state index in [2.05, 4.69) is 9.69 Å². The van der Waals surface area contributed by atoms with Gasteiger partial charge in [0.15, 0.2) is 0 Å². The number of hydrogen-bond donors (Lipinski definition) is 1. The molecular weight excluding hydrogens is 292 g/mol. The van der Waals surface area contributed by atoms with Gasteiger partial charge in [-0.15, -0.1) is 0 Å². The molecule has 0 atom stereocenters. The topological polar surface area (TPSA) is 42.0 Å². The maximum atomic E-state index is 12.4. The Morgan fingerprint density at radius 1 is 1.09 bits per heavy atom. The van der Waals surface area contributed by atoms with Gasteiger partial charge < -0.3 is 5.32 Å². The second-order valence-corrected chi connectivity index (χ2v) is 6.65. The zero-order valence-electron chi connectivity index (χ0n) is 12.7. The number of carbonyl (C=O) groups excluding carboxylic acids is 1. The highest BCUT2D eigenvalue weighted by molar-refractivity contribution is 7.13. The lowest BCUT2D eigenvalue weighted by atomic mass is 9.94. The number of nitrogens with one attached hydrogen (secondary N) is 1. The van der Waals surface area contributed by atoms with Gasteiger partial charge in [-0.2, -0.15) is 4.37 Å². The van der Waals surface area contributed by atoms with Crippen molar-refractivity contribution in [2.75, 3.05) is 0 Å². The second-order valence-electron chi connectivity index (χ2n) is 5.84. The summed E-state index contributed by atoms with van der Waals surface area (Å²) >= 11 is 1.44. The van der Waals surface area contributed by atoms with E-state index in [1.165, 1.54) is 11.5 Å². The molecule has 1 amide bonds. The number of hydrogen-bond acceptors (Lipinski definition) is 3. The normalized spacial score (nSPS) is 11.5. The molecule has 0 spiro atoms. The Morgan fingerprint density at radius 2 is 1.77 bits per heavy atom. The summed E-state index contributed by atoms with van der Waals surface area (Å²) in [5, 5.41) is 4.17. The summed E-state index contributed by atoms with van der Waals surface area (Å²) in [5.74, 6) is -0.00935. The molecule has 0 radical (unpaired) electrons. The van der Waals surface area contributed by atoms with Gasteiger partial charge in [0.2, 0.25) is 5.91 Å². The molecule has 1 heterocycles. The molecule has 3 nitrogen and oxygen atoms in total. The largest absolute Gasteiger partial charge is 0.347 e. The van der Waals surface area contributed by atoms with Gasteiger partial charge in [0.25, 0.3) is 0 Å². The summed E-state index contributed by atoms with van der Waals surface area (Å²) < 4.78 is 5.54. The molecule has 0 aliphatic rings. The molecule has 3 aromatic rings. The summed E-state index contributed by atoms with van der Waals surface area (Å²) in [5.41, 5.74) is 1.54. The van der Waals surface area contributed by atoms with Crippen LogP contribution < -0.4 is 5.32 Å². The highest BCUT2D eigenvalue weighted by atomic mass is 32.1. The standard InChI is InChI=1S/C18H18N2OS/c1-18(2,13-8-4-3-5-9-13)19-17(21)12-15-14-10-6-7-11-16(14)22-20-15/h3-11H,12H2,1-2H3,(H,19,21). The Balaban J connectivity index is 1.75. The molecule has 3 rings (SSSR count). The van der Waals surface area contributed by atoms with Crippen LogP contribution in [-0.2, 0) is 16.8 Å². The van der Waals surface area contributed by atoms with Crippen molar-refractivity contribution in [3.8, 4) is 0 Å². The van der Waals surface area contributed by atoms with Gasteiger partial charge in [-0.05, 0) is 37.0 Å². The Labute approximate surface area is 134 Å². The quantitative estimate of drug-likeness (QED) is 0.794. The van der Waals surface area contributed by atoms with E-state index in [-0.39, 0.29) is 5.91 Å². The van der Waals surface area contributed by atoms with Crippen LogP contribution >= 0.6 is 11.5 Å². The summed E-state index contributed by atoms with van der Waals surface area (Å²) in [6, 6.07) is 18.0. The molecule has 22 heavy (non-hydrogen) atoms. The summed E-state index contributed by atoms with van der Waals surface area (Å²) in [6.07, 6.45) is 0.306. The monoisotopic (exact) mass is 310 g/mol. The van der Waals surface area contributed by atoms with Crippen LogP contribution in [0.5, 0.6) is 0 Å². The van der Waals surface area contributed by atoms with Crippen molar-refractivity contribution in [2.45, 2.75) is 25.8 Å². The van der Waals surface area contributed by atoms with Crippen molar-refractivity contribution in [3.63, 3.8) is 0 Å². The van der Waals surface area contributed by atoms with Crippen LogP contribution in [0.2, 0.25) is 0 Å². The van der Waals surface area contributed by atoms with E-state index >= 15 is 0 Å². The summed E-state index contributed by atoms with van der Waals surface area (Å²) in [4.78, 5) is 12.4. The van der Waals surface area contributed by atoms with E-state index in [4.69, 9.17) is 0 Å². The van der Waals surface area contributed by atoms with Crippen LogP contribution in [0.15, 0.2) is 54.6 Å². The first-order valence-electron chi connectivity index (χ1n) is 7.26. The van der Waals surface area contributed by atoms with E-state index < -0.39 is 5.54 Å². The molecule has 1 aromatic heterocycles. The minimum atomic E-state index is -0.399. The molecule has 0 saturated carbocycles. The molecule has 4 heteroatoms. The van der Waals surface area contributed by atoms with E-state index in [1.54, 1.807) is 0 Å². The van der Waals surface area contributed by atoms with Gasteiger partial charge in [-0.25, -0.2) is 0 Å². The molecule has 2 aromatic carbocycles. The van der Waals surface area contributed by atoms with Crippen LogP contribution in [-0.4, -0.2) is 10.3 Å². The molecule has 1 N–H and O–H groups in total. The maximum absolute atomic E-state index is 12.4. The minimum Gasteiger partial charge on any atom is -0.347 e. The SMILES string of the molecule is CC(C)(NC(=O)Cc1nsc2ccccc12)c1ccccc1. The summed E-state index contributed by atoms with van der Waals surface area (Å²) in [7, 11) is 0. The predicted molar refractivity (Wildman–Crippen MR) is 90.9 cm³/mol. The van der Waals surface area contributed by atoms with E-state index in [0.29, 0.717) is 6.42 Å². The van der Waals surface area contributed by atoms with Crippen LogP contribution in [0.25, 0.3) is 10.1 Å². The van der Waals surface area contributed by atoms with Crippen LogP contribution in [0.1, 0.15) is 25.1 Å². The van der Waals surface area contributed by atoms with Crippen molar-refractivity contribution >= 4 is 27.5 Å². The van der Waals surface area contributed by atoms with Gasteiger partial charge in [-0.3, -0.25) is 4.79 Å². The van der Waals surface area contributed by atoms with E-state index in [1.807, 2.05) is 68.4 Å². The number of rotatable bonds is 4. The van der Waals surface area contributed by atoms with Crippen molar-refractivity contribution in [3.05, 3.63) is 65.9 Å². The van der Waals surface area contributed by atoms with Gasteiger partial charge >= 0.3 is 0 Å². The molecule has 0 aliphatic heterocycles. The zero-order chi connectivity index (χ0) is 15.6. The average molecular weight is 310 g/mol. The predicted octanol–water partition coefficient (Wildman–Crippen LogP) is 3.89. The molecular formula is C18H18N2OS. The highest BCUT2D eigenvalue weighted by Crippen LogP contribution is 2.23. The van der Waals surface area contributed by atoms with Crippen LogP contribution in [0.4, 0.5) is 0 Å². The number of carbonyl (C=O) groups is 1. The van der Waals surface area contributed by atoms with Crippen LogP contribution in [0, 0.1) is 0 Å². The van der Waals surface area contributed by atoms with Gasteiger partial charge in [-0.1, -0.05) is 48.5 Å². The third kappa shape index (κ3) is 3.02. The van der Waals surface area contributed by atoms with Gasteiger partial charge in [0.1, 0.15) is 0 Å². The first-order valence-corrected chi connectivity index (χ1v) is 8.03. The van der Waals surface area contributed by atoms with Crippen LogP contribution in [0.3, 0.4) is 0 Å². The minimum absolute atomic E-state index is 0.00935. The Morgan fingerprint density at radius 3 is 2.55 bits per heavy atom. The van der Waals surface area contributed by atoms with Gasteiger partial charge in [0, 0.05) is 5.39 Å². The smallest absolute Gasteiger partial charge is 0.226 e. The number of fused-ring (bicyclic) bond motifs is 1. The molecule has 0 saturated heterocycles. The average Bonchev–Trinajstić information content (AvgIpc) is 2.91. The Bertz CT molecular complexity index is 793. The Hall–Kier alpha value is -2.20. The van der Waals surface area contributed by atoms with E-state index in [0.717, 1.165) is 21.3 Å². The number of benzene rings is 2.